The van der Waals surface area contributed by atoms with Gasteiger partial charge in [-0.3, -0.25) is 4.79 Å². The fraction of sp³-hybridized carbons (Fsp3) is 0.857. The number of hydrogen-bond acceptors (Lipinski definition) is 3. The van der Waals surface area contributed by atoms with Crippen LogP contribution in [-0.4, -0.2) is 21.1 Å². The van der Waals surface area contributed by atoms with Crippen molar-refractivity contribution in [2.75, 3.05) is 0 Å². The van der Waals surface area contributed by atoms with Crippen LogP contribution in [0.5, 0.6) is 0 Å². The molecule has 60 valence electrons. The van der Waals surface area contributed by atoms with Crippen LogP contribution in [0.3, 0.4) is 0 Å². The monoisotopic (exact) mass is 162 g/mol. The number of carbonyl (C=O) groups excluding carboxylic acids is 1. The van der Waals surface area contributed by atoms with Crippen molar-refractivity contribution >= 4 is 16.9 Å². The minimum Gasteiger partial charge on any atom is -0.385 e. The van der Waals surface area contributed by atoms with Crippen LogP contribution in [0.4, 0.5) is 0 Å². The van der Waals surface area contributed by atoms with Gasteiger partial charge in [-0.1, -0.05) is 32.5 Å². The Morgan fingerprint density at radius 3 is 2.00 bits per heavy atom. The van der Waals surface area contributed by atoms with Crippen molar-refractivity contribution in [1.29, 1.82) is 0 Å². The topological polar surface area (TPSA) is 37.3 Å². The van der Waals surface area contributed by atoms with E-state index >= 15 is 0 Å². The van der Waals surface area contributed by atoms with E-state index in [1.807, 2.05) is 20.8 Å². The molecule has 0 aliphatic rings. The predicted octanol–water partition coefficient (Wildman–Crippen LogP) is 1.43. The highest BCUT2D eigenvalue weighted by atomic mass is 32.2. The van der Waals surface area contributed by atoms with Gasteiger partial charge in [0.05, 0.1) is 0 Å². The Morgan fingerprint density at radius 1 is 1.50 bits per heavy atom. The SMILES string of the molecule is CC(O)C(=O)SC(C)(C)C. The summed E-state index contributed by atoms with van der Waals surface area (Å²) in [5.41, 5.74) is 0. The van der Waals surface area contributed by atoms with Gasteiger partial charge in [0.15, 0.2) is 0 Å². The van der Waals surface area contributed by atoms with Crippen molar-refractivity contribution in [3.8, 4) is 0 Å². The Morgan fingerprint density at radius 2 is 1.90 bits per heavy atom. The molecule has 0 aromatic rings. The summed E-state index contributed by atoms with van der Waals surface area (Å²) in [5, 5.41) is 8.65. The Hall–Kier alpha value is -0.0200. The average molecular weight is 162 g/mol. The van der Waals surface area contributed by atoms with Crippen LogP contribution < -0.4 is 0 Å². The molecule has 0 fully saturated rings. The second-order valence-corrected chi connectivity index (χ2v) is 5.04. The van der Waals surface area contributed by atoms with Crippen molar-refractivity contribution in [2.45, 2.75) is 38.5 Å². The number of aliphatic hydroxyl groups excluding tert-OH is 1. The molecule has 1 unspecified atom stereocenters. The van der Waals surface area contributed by atoms with Crippen LogP contribution in [0.25, 0.3) is 0 Å². The molecule has 0 amide bonds. The standard InChI is InChI=1S/C7H14O2S/c1-5(8)6(9)10-7(2,3)4/h5,8H,1-4H3. The summed E-state index contributed by atoms with van der Waals surface area (Å²) in [5.74, 6) is 0. The summed E-state index contributed by atoms with van der Waals surface area (Å²) >= 11 is 1.18. The second kappa shape index (κ2) is 3.39. The Balaban J connectivity index is 3.81. The smallest absolute Gasteiger partial charge is 0.217 e. The van der Waals surface area contributed by atoms with Crippen molar-refractivity contribution in [3.05, 3.63) is 0 Å². The normalized spacial score (nSPS) is 14.9. The molecule has 0 heterocycles. The lowest BCUT2D eigenvalue weighted by Crippen LogP contribution is -2.19. The lowest BCUT2D eigenvalue weighted by molar-refractivity contribution is -0.117. The molecule has 0 bridgehead atoms. The van der Waals surface area contributed by atoms with Gasteiger partial charge in [-0.2, -0.15) is 0 Å². The minimum absolute atomic E-state index is 0.0892. The zero-order chi connectivity index (χ0) is 8.36. The van der Waals surface area contributed by atoms with Crippen LogP contribution in [0.1, 0.15) is 27.7 Å². The largest absolute Gasteiger partial charge is 0.385 e. The highest BCUT2D eigenvalue weighted by Crippen LogP contribution is 2.24. The molecule has 0 saturated heterocycles. The van der Waals surface area contributed by atoms with E-state index < -0.39 is 6.10 Å². The third kappa shape index (κ3) is 4.82. The summed E-state index contributed by atoms with van der Waals surface area (Å²) in [6.07, 6.45) is -0.843. The van der Waals surface area contributed by atoms with E-state index in [1.54, 1.807) is 0 Å². The van der Waals surface area contributed by atoms with E-state index in [1.165, 1.54) is 18.7 Å². The first-order chi connectivity index (χ1) is 4.33. The number of hydrogen-bond donors (Lipinski definition) is 1. The molecular formula is C7H14O2S. The summed E-state index contributed by atoms with van der Waals surface area (Å²) < 4.78 is -0.0892. The molecule has 1 N–H and O–H groups in total. The maximum atomic E-state index is 10.9. The Bertz CT molecular complexity index is 124. The lowest BCUT2D eigenvalue weighted by Gasteiger charge is -2.16. The second-order valence-electron chi connectivity index (χ2n) is 3.21. The summed E-state index contributed by atoms with van der Waals surface area (Å²) in [4.78, 5) is 10.9. The van der Waals surface area contributed by atoms with Crippen LogP contribution in [0.15, 0.2) is 0 Å². The lowest BCUT2D eigenvalue weighted by atomic mass is 10.3. The fourth-order valence-electron chi connectivity index (χ4n) is 0.387. The number of rotatable bonds is 1. The van der Waals surface area contributed by atoms with Crippen LogP contribution in [0.2, 0.25) is 0 Å². The molecular weight excluding hydrogens is 148 g/mol. The maximum Gasteiger partial charge on any atom is 0.217 e. The molecule has 0 rings (SSSR count). The molecule has 0 spiro atoms. The van der Waals surface area contributed by atoms with Crippen molar-refractivity contribution in [3.63, 3.8) is 0 Å². The van der Waals surface area contributed by atoms with E-state index in [-0.39, 0.29) is 9.86 Å². The molecule has 0 aliphatic heterocycles. The van der Waals surface area contributed by atoms with Gasteiger partial charge in [0.1, 0.15) is 6.10 Å². The number of carbonyl (C=O) groups is 1. The van der Waals surface area contributed by atoms with E-state index in [4.69, 9.17) is 5.11 Å². The summed E-state index contributed by atoms with van der Waals surface area (Å²) in [6.45, 7) is 7.31. The molecule has 10 heavy (non-hydrogen) atoms. The molecule has 0 aliphatic carbocycles. The third-order valence-electron chi connectivity index (χ3n) is 0.748. The van der Waals surface area contributed by atoms with Crippen LogP contribution in [-0.2, 0) is 4.79 Å². The van der Waals surface area contributed by atoms with E-state index in [2.05, 4.69) is 0 Å². The minimum atomic E-state index is -0.843. The number of aliphatic hydroxyl groups is 1. The first-order valence-corrected chi connectivity index (χ1v) is 4.05. The highest BCUT2D eigenvalue weighted by molar-refractivity contribution is 8.14. The van der Waals surface area contributed by atoms with Crippen molar-refractivity contribution in [1.82, 2.24) is 0 Å². The quantitative estimate of drug-likeness (QED) is 0.633. The van der Waals surface area contributed by atoms with E-state index in [0.29, 0.717) is 0 Å². The van der Waals surface area contributed by atoms with E-state index in [0.717, 1.165) is 0 Å². The highest BCUT2D eigenvalue weighted by Gasteiger charge is 2.19. The zero-order valence-corrected chi connectivity index (χ0v) is 7.66. The Kier molecular flexibility index (Phi) is 3.39. The van der Waals surface area contributed by atoms with Gasteiger partial charge in [0, 0.05) is 4.75 Å². The molecule has 3 heteroatoms. The van der Waals surface area contributed by atoms with Gasteiger partial charge in [-0.05, 0) is 6.92 Å². The van der Waals surface area contributed by atoms with E-state index in [9.17, 15) is 4.79 Å². The molecule has 0 saturated carbocycles. The van der Waals surface area contributed by atoms with Crippen LogP contribution >= 0.6 is 11.8 Å². The molecule has 0 aromatic heterocycles. The van der Waals surface area contributed by atoms with Gasteiger partial charge in [0.2, 0.25) is 5.12 Å². The van der Waals surface area contributed by atoms with Gasteiger partial charge in [0.25, 0.3) is 0 Å². The molecule has 0 aromatic carbocycles. The predicted molar refractivity (Wildman–Crippen MR) is 44.0 cm³/mol. The first-order valence-electron chi connectivity index (χ1n) is 3.24. The molecule has 1 atom stereocenters. The zero-order valence-electron chi connectivity index (χ0n) is 6.84. The van der Waals surface area contributed by atoms with Crippen LogP contribution in [0, 0.1) is 0 Å². The Labute approximate surface area is 66.0 Å². The first kappa shape index (κ1) is 9.98. The third-order valence-corrected chi connectivity index (χ3v) is 1.90. The fourth-order valence-corrected chi connectivity index (χ4v) is 1.16. The number of thioether (sulfide) groups is 1. The van der Waals surface area contributed by atoms with Gasteiger partial charge in [-0.25, -0.2) is 0 Å². The maximum absolute atomic E-state index is 10.9. The summed E-state index contributed by atoms with van der Waals surface area (Å²) in [7, 11) is 0. The van der Waals surface area contributed by atoms with Gasteiger partial charge < -0.3 is 5.11 Å². The summed E-state index contributed by atoms with van der Waals surface area (Å²) in [6, 6.07) is 0. The van der Waals surface area contributed by atoms with Gasteiger partial charge in [-0.15, -0.1) is 0 Å². The molecule has 2 nitrogen and oxygen atoms in total. The molecule has 0 radical (unpaired) electrons. The van der Waals surface area contributed by atoms with Gasteiger partial charge >= 0.3 is 0 Å². The van der Waals surface area contributed by atoms with Crippen molar-refractivity contribution < 1.29 is 9.90 Å². The van der Waals surface area contributed by atoms with Crippen molar-refractivity contribution in [2.24, 2.45) is 0 Å². The average Bonchev–Trinajstić information content (AvgIpc) is 1.60.